The SMILES string of the molecule is CC(C)CCn1c(Cn2c(=O)n(C)c3ccncc32)nc2cc(CN)ccc21. The van der Waals surface area contributed by atoms with Crippen molar-refractivity contribution < 1.29 is 0 Å². The van der Waals surface area contributed by atoms with Gasteiger partial charge >= 0.3 is 5.69 Å². The Hall–Kier alpha value is -2.93. The Kier molecular flexibility index (Phi) is 4.77. The highest BCUT2D eigenvalue weighted by molar-refractivity contribution is 5.77. The van der Waals surface area contributed by atoms with E-state index in [9.17, 15) is 4.79 Å². The molecule has 4 rings (SSSR count). The summed E-state index contributed by atoms with van der Waals surface area (Å²) in [6.45, 7) is 6.19. The molecule has 146 valence electrons. The number of fused-ring (bicyclic) bond motifs is 2. The normalized spacial score (nSPS) is 11.9. The number of nitrogens with two attached hydrogens (primary N) is 1. The fourth-order valence-electron chi connectivity index (χ4n) is 3.66. The monoisotopic (exact) mass is 378 g/mol. The molecule has 0 saturated carbocycles. The smallest absolute Gasteiger partial charge is 0.326 e. The fourth-order valence-corrected chi connectivity index (χ4v) is 3.66. The molecule has 0 aliphatic carbocycles. The van der Waals surface area contributed by atoms with Crippen molar-refractivity contribution in [3.05, 3.63) is 58.5 Å². The third-order valence-corrected chi connectivity index (χ3v) is 5.30. The first kappa shape index (κ1) is 18.4. The van der Waals surface area contributed by atoms with Crippen LogP contribution in [0.25, 0.3) is 22.1 Å². The number of imidazole rings is 2. The van der Waals surface area contributed by atoms with Crippen LogP contribution < -0.4 is 11.4 Å². The molecule has 0 unspecified atom stereocenters. The predicted molar refractivity (Wildman–Crippen MR) is 111 cm³/mol. The minimum atomic E-state index is -0.0619. The van der Waals surface area contributed by atoms with Gasteiger partial charge in [0, 0.05) is 26.3 Å². The van der Waals surface area contributed by atoms with Gasteiger partial charge in [-0.05, 0) is 36.1 Å². The Morgan fingerprint density at radius 2 is 1.93 bits per heavy atom. The van der Waals surface area contributed by atoms with Crippen molar-refractivity contribution in [2.24, 2.45) is 18.7 Å². The molecular formula is C21H26N6O. The summed E-state index contributed by atoms with van der Waals surface area (Å²) in [5, 5.41) is 0. The van der Waals surface area contributed by atoms with Crippen LogP contribution in [0.15, 0.2) is 41.5 Å². The van der Waals surface area contributed by atoms with E-state index >= 15 is 0 Å². The summed E-state index contributed by atoms with van der Waals surface area (Å²) in [4.78, 5) is 21.9. The Bertz CT molecular complexity index is 1200. The summed E-state index contributed by atoms with van der Waals surface area (Å²) < 4.78 is 5.64. The summed E-state index contributed by atoms with van der Waals surface area (Å²) in [6, 6.07) is 8.04. The van der Waals surface area contributed by atoms with Gasteiger partial charge in [-0.15, -0.1) is 0 Å². The van der Waals surface area contributed by atoms with Gasteiger partial charge in [0.1, 0.15) is 5.82 Å². The zero-order valence-corrected chi connectivity index (χ0v) is 16.6. The second kappa shape index (κ2) is 7.24. The summed E-state index contributed by atoms with van der Waals surface area (Å²) in [7, 11) is 1.79. The lowest BCUT2D eigenvalue weighted by Gasteiger charge is -2.11. The Morgan fingerprint density at radius 1 is 1.11 bits per heavy atom. The van der Waals surface area contributed by atoms with Crippen LogP contribution in [-0.2, 0) is 26.7 Å². The number of rotatable bonds is 6. The van der Waals surface area contributed by atoms with E-state index in [1.54, 1.807) is 28.6 Å². The lowest BCUT2D eigenvalue weighted by atomic mass is 10.1. The average Bonchev–Trinajstić information content (AvgIpc) is 3.16. The van der Waals surface area contributed by atoms with E-state index in [-0.39, 0.29) is 5.69 Å². The number of aryl methyl sites for hydroxylation is 2. The predicted octanol–water partition coefficient (Wildman–Crippen LogP) is 2.64. The molecule has 2 N–H and O–H groups in total. The number of benzene rings is 1. The van der Waals surface area contributed by atoms with Crippen LogP contribution in [0.5, 0.6) is 0 Å². The van der Waals surface area contributed by atoms with Gasteiger partial charge in [0.2, 0.25) is 0 Å². The largest absolute Gasteiger partial charge is 0.329 e. The molecule has 1 aromatic carbocycles. The first-order chi connectivity index (χ1) is 13.5. The zero-order valence-electron chi connectivity index (χ0n) is 16.6. The highest BCUT2D eigenvalue weighted by atomic mass is 16.1. The zero-order chi connectivity index (χ0) is 19.8. The molecule has 0 aliphatic heterocycles. The minimum absolute atomic E-state index is 0.0619. The van der Waals surface area contributed by atoms with Gasteiger partial charge in [-0.25, -0.2) is 9.78 Å². The van der Waals surface area contributed by atoms with Crippen molar-refractivity contribution in [1.29, 1.82) is 0 Å². The number of pyridine rings is 1. The molecule has 0 saturated heterocycles. The summed E-state index contributed by atoms with van der Waals surface area (Å²) in [6.07, 6.45) is 4.49. The molecule has 0 atom stereocenters. The van der Waals surface area contributed by atoms with Gasteiger partial charge in [-0.3, -0.25) is 14.1 Å². The van der Waals surface area contributed by atoms with Crippen LogP contribution in [0.3, 0.4) is 0 Å². The molecule has 0 bridgehead atoms. The van der Waals surface area contributed by atoms with Crippen molar-refractivity contribution in [3.8, 4) is 0 Å². The Morgan fingerprint density at radius 3 is 2.68 bits per heavy atom. The van der Waals surface area contributed by atoms with Crippen LogP contribution in [0.2, 0.25) is 0 Å². The quantitative estimate of drug-likeness (QED) is 0.559. The highest BCUT2D eigenvalue weighted by Crippen LogP contribution is 2.21. The molecule has 0 radical (unpaired) electrons. The molecule has 7 nitrogen and oxygen atoms in total. The van der Waals surface area contributed by atoms with Gasteiger partial charge in [0.05, 0.1) is 34.8 Å². The number of nitrogens with zero attached hydrogens (tertiary/aromatic N) is 5. The van der Waals surface area contributed by atoms with E-state index in [1.165, 1.54) is 0 Å². The molecular weight excluding hydrogens is 352 g/mol. The van der Waals surface area contributed by atoms with Gasteiger partial charge in [-0.2, -0.15) is 0 Å². The third-order valence-electron chi connectivity index (χ3n) is 5.30. The van der Waals surface area contributed by atoms with Gasteiger partial charge in [-0.1, -0.05) is 19.9 Å². The first-order valence-corrected chi connectivity index (χ1v) is 9.67. The molecule has 0 aliphatic rings. The second-order valence-corrected chi connectivity index (χ2v) is 7.68. The average molecular weight is 378 g/mol. The highest BCUT2D eigenvalue weighted by Gasteiger charge is 2.16. The molecule has 7 heteroatoms. The van der Waals surface area contributed by atoms with Gasteiger partial charge in [0.15, 0.2) is 0 Å². The second-order valence-electron chi connectivity index (χ2n) is 7.68. The van der Waals surface area contributed by atoms with E-state index in [2.05, 4.69) is 29.5 Å². The molecule has 0 spiro atoms. The van der Waals surface area contributed by atoms with Gasteiger partial charge < -0.3 is 10.3 Å². The molecule has 3 aromatic heterocycles. The molecule has 0 fully saturated rings. The molecule has 4 aromatic rings. The molecule has 0 amide bonds. The third kappa shape index (κ3) is 3.11. The topological polar surface area (TPSA) is 83.7 Å². The van der Waals surface area contributed by atoms with E-state index in [0.29, 0.717) is 19.0 Å². The standard InChI is InChI=1S/C21H26N6O/c1-14(2)7-9-26-17-5-4-15(11-22)10-16(17)24-20(26)13-27-19-12-23-8-6-18(19)25(3)21(27)28/h4-6,8,10,12,14H,7,9,11,13,22H2,1-3H3. The Balaban J connectivity index is 1.85. The molecule has 3 heterocycles. The maximum atomic E-state index is 12.8. The molecule has 28 heavy (non-hydrogen) atoms. The summed E-state index contributed by atoms with van der Waals surface area (Å²) in [5.41, 5.74) is 10.5. The van der Waals surface area contributed by atoms with Crippen LogP contribution in [0.4, 0.5) is 0 Å². The van der Waals surface area contributed by atoms with Crippen LogP contribution in [0.1, 0.15) is 31.7 Å². The number of aromatic nitrogens is 5. The minimum Gasteiger partial charge on any atom is -0.326 e. The van der Waals surface area contributed by atoms with Crippen LogP contribution in [0, 0.1) is 5.92 Å². The van der Waals surface area contributed by atoms with Crippen molar-refractivity contribution in [2.75, 3.05) is 0 Å². The van der Waals surface area contributed by atoms with E-state index < -0.39 is 0 Å². The van der Waals surface area contributed by atoms with Crippen LogP contribution >= 0.6 is 0 Å². The first-order valence-electron chi connectivity index (χ1n) is 9.67. The fraction of sp³-hybridized carbons (Fsp3) is 0.381. The van der Waals surface area contributed by atoms with E-state index in [4.69, 9.17) is 10.7 Å². The van der Waals surface area contributed by atoms with Crippen molar-refractivity contribution in [3.63, 3.8) is 0 Å². The summed E-state index contributed by atoms with van der Waals surface area (Å²) >= 11 is 0. The van der Waals surface area contributed by atoms with Gasteiger partial charge in [0.25, 0.3) is 0 Å². The maximum absolute atomic E-state index is 12.8. The lowest BCUT2D eigenvalue weighted by Crippen LogP contribution is -2.24. The van der Waals surface area contributed by atoms with Crippen molar-refractivity contribution >= 4 is 22.1 Å². The maximum Gasteiger partial charge on any atom is 0.329 e. The summed E-state index contributed by atoms with van der Waals surface area (Å²) in [5.74, 6) is 1.46. The van der Waals surface area contributed by atoms with E-state index in [1.807, 2.05) is 18.2 Å². The number of hydrogen-bond donors (Lipinski definition) is 1. The number of hydrogen-bond acceptors (Lipinski definition) is 4. The van der Waals surface area contributed by atoms with Crippen LogP contribution in [-0.4, -0.2) is 23.7 Å². The van der Waals surface area contributed by atoms with Crippen molar-refractivity contribution in [1.82, 2.24) is 23.7 Å². The van der Waals surface area contributed by atoms with E-state index in [0.717, 1.165) is 46.4 Å². The Labute approximate surface area is 163 Å². The lowest BCUT2D eigenvalue weighted by molar-refractivity contribution is 0.507. The van der Waals surface area contributed by atoms with Crippen molar-refractivity contribution in [2.45, 2.75) is 39.9 Å².